The second-order valence-electron chi connectivity index (χ2n) is 3.05. The van der Waals surface area contributed by atoms with Gasteiger partial charge in [-0.25, -0.2) is 0 Å². The summed E-state index contributed by atoms with van der Waals surface area (Å²) in [5.74, 6) is -0.218. The summed E-state index contributed by atoms with van der Waals surface area (Å²) >= 11 is 0. The number of morpholine rings is 1. The molecule has 0 aromatic heterocycles. The maximum Gasteiger partial charge on any atom is 0.248 e. The summed E-state index contributed by atoms with van der Waals surface area (Å²) in [6.45, 7) is 2.03. The number of rotatable bonds is 3. The summed E-state index contributed by atoms with van der Waals surface area (Å²) in [6, 6.07) is 0. The summed E-state index contributed by atoms with van der Waals surface area (Å²) in [7, 11) is 1.84. The SMILES string of the molecule is CNCC1CN(C(=O)CO)CCO1. The molecule has 1 fully saturated rings. The van der Waals surface area contributed by atoms with Gasteiger partial charge in [-0.05, 0) is 7.05 Å². The number of carbonyl (C=O) groups excluding carboxylic acids is 1. The van der Waals surface area contributed by atoms with Crippen LogP contribution in [0.3, 0.4) is 0 Å². The summed E-state index contributed by atoms with van der Waals surface area (Å²) in [5, 5.41) is 11.6. The second-order valence-corrected chi connectivity index (χ2v) is 3.05. The molecule has 0 bridgehead atoms. The van der Waals surface area contributed by atoms with E-state index in [-0.39, 0.29) is 12.0 Å². The normalized spacial score (nSPS) is 23.2. The molecule has 13 heavy (non-hydrogen) atoms. The lowest BCUT2D eigenvalue weighted by Crippen LogP contribution is -2.49. The quantitative estimate of drug-likeness (QED) is 0.561. The molecule has 1 aliphatic rings. The van der Waals surface area contributed by atoms with Gasteiger partial charge in [-0.15, -0.1) is 0 Å². The van der Waals surface area contributed by atoms with E-state index in [1.165, 1.54) is 0 Å². The first-order chi connectivity index (χ1) is 6.27. The first-order valence-electron chi connectivity index (χ1n) is 4.42. The lowest BCUT2D eigenvalue weighted by Gasteiger charge is -2.32. The number of likely N-dealkylation sites (N-methyl/N-ethyl adjacent to an activating group) is 1. The highest BCUT2D eigenvalue weighted by Crippen LogP contribution is 2.04. The van der Waals surface area contributed by atoms with Crippen molar-refractivity contribution in [2.24, 2.45) is 0 Å². The molecule has 0 aromatic rings. The van der Waals surface area contributed by atoms with Crippen molar-refractivity contribution in [3.05, 3.63) is 0 Å². The first kappa shape index (κ1) is 10.4. The molecule has 2 N–H and O–H groups in total. The zero-order valence-corrected chi connectivity index (χ0v) is 7.82. The topological polar surface area (TPSA) is 61.8 Å². The van der Waals surface area contributed by atoms with Crippen molar-refractivity contribution in [3.8, 4) is 0 Å². The monoisotopic (exact) mass is 188 g/mol. The minimum atomic E-state index is -0.410. The number of amides is 1. The minimum Gasteiger partial charge on any atom is -0.387 e. The molecule has 1 amide bonds. The molecule has 5 heteroatoms. The highest BCUT2D eigenvalue weighted by molar-refractivity contribution is 5.77. The molecule has 1 rings (SSSR count). The van der Waals surface area contributed by atoms with Crippen LogP contribution in [0.1, 0.15) is 0 Å². The fourth-order valence-electron chi connectivity index (χ4n) is 1.40. The van der Waals surface area contributed by atoms with E-state index >= 15 is 0 Å². The average Bonchev–Trinajstić information content (AvgIpc) is 2.18. The van der Waals surface area contributed by atoms with E-state index in [0.29, 0.717) is 19.7 Å². The first-order valence-corrected chi connectivity index (χ1v) is 4.42. The molecule has 0 spiro atoms. The van der Waals surface area contributed by atoms with Gasteiger partial charge in [0, 0.05) is 19.6 Å². The van der Waals surface area contributed by atoms with Crippen LogP contribution in [0.4, 0.5) is 0 Å². The third kappa shape index (κ3) is 2.95. The summed E-state index contributed by atoms with van der Waals surface area (Å²) in [6.07, 6.45) is 0.0502. The van der Waals surface area contributed by atoms with Crippen molar-refractivity contribution in [2.45, 2.75) is 6.10 Å². The van der Waals surface area contributed by atoms with Crippen LogP contribution in [-0.2, 0) is 9.53 Å². The van der Waals surface area contributed by atoms with Gasteiger partial charge in [0.1, 0.15) is 6.61 Å². The molecule has 0 aromatic carbocycles. The molecule has 1 unspecified atom stereocenters. The molecule has 0 radical (unpaired) electrons. The Balaban J connectivity index is 2.37. The number of aliphatic hydroxyl groups is 1. The number of hydrogen-bond acceptors (Lipinski definition) is 4. The summed E-state index contributed by atoms with van der Waals surface area (Å²) < 4.78 is 5.41. The number of nitrogens with zero attached hydrogens (tertiary/aromatic N) is 1. The van der Waals surface area contributed by atoms with Gasteiger partial charge in [0.15, 0.2) is 0 Å². The Labute approximate surface area is 77.7 Å². The molecule has 1 saturated heterocycles. The largest absolute Gasteiger partial charge is 0.387 e. The van der Waals surface area contributed by atoms with Crippen LogP contribution in [0.15, 0.2) is 0 Å². The molecule has 1 atom stereocenters. The van der Waals surface area contributed by atoms with Crippen LogP contribution in [0.2, 0.25) is 0 Å². The Hall–Kier alpha value is -0.650. The number of nitrogens with one attached hydrogen (secondary N) is 1. The minimum absolute atomic E-state index is 0.0502. The smallest absolute Gasteiger partial charge is 0.248 e. The number of ether oxygens (including phenoxy) is 1. The fraction of sp³-hybridized carbons (Fsp3) is 0.875. The lowest BCUT2D eigenvalue weighted by molar-refractivity contribution is -0.141. The van der Waals surface area contributed by atoms with Crippen molar-refractivity contribution in [1.82, 2.24) is 10.2 Å². The zero-order chi connectivity index (χ0) is 9.68. The Morgan fingerprint density at radius 1 is 1.77 bits per heavy atom. The van der Waals surface area contributed by atoms with E-state index in [2.05, 4.69) is 5.32 Å². The maximum atomic E-state index is 11.1. The van der Waals surface area contributed by atoms with Gasteiger partial charge in [-0.2, -0.15) is 0 Å². The molecule has 0 aliphatic carbocycles. The van der Waals surface area contributed by atoms with Gasteiger partial charge < -0.3 is 20.1 Å². The standard InChI is InChI=1S/C8H16N2O3/c1-9-4-7-5-10(2-3-13-7)8(12)6-11/h7,9,11H,2-6H2,1H3. The van der Waals surface area contributed by atoms with Gasteiger partial charge in [0.2, 0.25) is 5.91 Å². The Kier molecular flexibility index (Phi) is 4.14. The lowest BCUT2D eigenvalue weighted by atomic mass is 10.2. The van der Waals surface area contributed by atoms with Crippen LogP contribution in [0, 0.1) is 0 Å². The molecular formula is C8H16N2O3. The molecular weight excluding hydrogens is 172 g/mol. The maximum absolute atomic E-state index is 11.1. The fourth-order valence-corrected chi connectivity index (χ4v) is 1.40. The number of carbonyl (C=O) groups is 1. The van der Waals surface area contributed by atoms with Crippen molar-refractivity contribution in [1.29, 1.82) is 0 Å². The van der Waals surface area contributed by atoms with Crippen LogP contribution < -0.4 is 5.32 Å². The Bertz CT molecular complexity index is 173. The molecule has 76 valence electrons. The summed E-state index contributed by atoms with van der Waals surface area (Å²) in [5.41, 5.74) is 0. The van der Waals surface area contributed by atoms with Crippen LogP contribution in [0.5, 0.6) is 0 Å². The van der Waals surface area contributed by atoms with Gasteiger partial charge in [-0.1, -0.05) is 0 Å². The van der Waals surface area contributed by atoms with E-state index in [4.69, 9.17) is 9.84 Å². The van der Waals surface area contributed by atoms with Gasteiger partial charge in [0.05, 0.1) is 12.7 Å². The van der Waals surface area contributed by atoms with E-state index in [9.17, 15) is 4.79 Å². The van der Waals surface area contributed by atoms with E-state index in [1.54, 1.807) is 4.90 Å². The van der Waals surface area contributed by atoms with Crippen molar-refractivity contribution in [2.75, 3.05) is 39.9 Å². The van der Waals surface area contributed by atoms with Crippen molar-refractivity contribution < 1.29 is 14.6 Å². The van der Waals surface area contributed by atoms with Gasteiger partial charge in [0.25, 0.3) is 0 Å². The van der Waals surface area contributed by atoms with E-state index in [0.717, 1.165) is 6.54 Å². The van der Waals surface area contributed by atoms with Crippen LogP contribution in [-0.4, -0.2) is 61.9 Å². The average molecular weight is 188 g/mol. The molecule has 1 heterocycles. The van der Waals surface area contributed by atoms with Crippen LogP contribution >= 0.6 is 0 Å². The predicted molar refractivity (Wildman–Crippen MR) is 47.3 cm³/mol. The third-order valence-corrected chi connectivity index (χ3v) is 2.06. The predicted octanol–water partition coefficient (Wildman–Crippen LogP) is -1.57. The van der Waals surface area contributed by atoms with Gasteiger partial charge in [-0.3, -0.25) is 4.79 Å². The van der Waals surface area contributed by atoms with Crippen molar-refractivity contribution >= 4 is 5.91 Å². The molecule has 5 nitrogen and oxygen atoms in total. The molecule has 0 saturated carbocycles. The number of hydrogen-bond donors (Lipinski definition) is 2. The van der Waals surface area contributed by atoms with Crippen molar-refractivity contribution in [3.63, 3.8) is 0 Å². The highest BCUT2D eigenvalue weighted by atomic mass is 16.5. The Morgan fingerprint density at radius 3 is 3.15 bits per heavy atom. The third-order valence-electron chi connectivity index (χ3n) is 2.06. The van der Waals surface area contributed by atoms with Crippen LogP contribution in [0.25, 0.3) is 0 Å². The number of aliphatic hydroxyl groups excluding tert-OH is 1. The molecule has 1 aliphatic heterocycles. The highest BCUT2D eigenvalue weighted by Gasteiger charge is 2.22. The zero-order valence-electron chi connectivity index (χ0n) is 7.82. The van der Waals surface area contributed by atoms with Gasteiger partial charge >= 0.3 is 0 Å². The summed E-state index contributed by atoms with van der Waals surface area (Å²) in [4.78, 5) is 12.7. The van der Waals surface area contributed by atoms with E-state index < -0.39 is 6.61 Å². The Morgan fingerprint density at radius 2 is 2.54 bits per heavy atom. The van der Waals surface area contributed by atoms with E-state index in [1.807, 2.05) is 7.05 Å². The second kappa shape index (κ2) is 5.16.